The molecule has 0 aliphatic carbocycles. The first-order chi connectivity index (χ1) is 15.7. The predicted octanol–water partition coefficient (Wildman–Crippen LogP) is 5.44. The Bertz CT molecular complexity index is 1070. The smallest absolute Gasteiger partial charge is 0.238 e. The van der Waals surface area contributed by atoms with Crippen molar-refractivity contribution in [3.8, 4) is 5.75 Å². The van der Waals surface area contributed by atoms with Gasteiger partial charge >= 0.3 is 0 Å². The zero-order valence-corrected chi connectivity index (χ0v) is 18.8. The van der Waals surface area contributed by atoms with E-state index in [4.69, 9.17) is 4.74 Å². The van der Waals surface area contributed by atoms with Crippen molar-refractivity contribution in [3.05, 3.63) is 90.0 Å². The fourth-order valence-electron chi connectivity index (χ4n) is 3.72. The lowest BCUT2D eigenvalue weighted by atomic mass is 10.1. The van der Waals surface area contributed by atoms with Gasteiger partial charge in [-0.2, -0.15) is 0 Å². The summed E-state index contributed by atoms with van der Waals surface area (Å²) in [7, 11) is 0. The molecule has 0 spiro atoms. The van der Waals surface area contributed by atoms with Gasteiger partial charge in [0, 0.05) is 12.1 Å². The molecule has 0 aromatic heterocycles. The van der Waals surface area contributed by atoms with Gasteiger partial charge in [-0.05, 0) is 48.7 Å². The summed E-state index contributed by atoms with van der Waals surface area (Å²) in [5, 5.41) is 2.83. The SMILES string of the molecule is CCOc1ccccc1N1C(=O)CSC1c1ccc(NC(=O)CCc2ccccc2)cc1. The zero-order chi connectivity index (χ0) is 22.3. The van der Waals surface area contributed by atoms with Crippen molar-refractivity contribution in [1.82, 2.24) is 0 Å². The maximum absolute atomic E-state index is 12.7. The highest BCUT2D eigenvalue weighted by molar-refractivity contribution is 8.00. The van der Waals surface area contributed by atoms with E-state index in [0.29, 0.717) is 31.0 Å². The van der Waals surface area contributed by atoms with Crippen LogP contribution >= 0.6 is 11.8 Å². The highest BCUT2D eigenvalue weighted by atomic mass is 32.2. The first-order valence-corrected chi connectivity index (χ1v) is 11.8. The minimum Gasteiger partial charge on any atom is -0.492 e. The second-order valence-corrected chi connectivity index (χ2v) is 8.55. The van der Waals surface area contributed by atoms with Crippen LogP contribution in [0.1, 0.15) is 29.8 Å². The van der Waals surface area contributed by atoms with Crippen LogP contribution in [0.3, 0.4) is 0 Å². The molecule has 2 amide bonds. The number of hydrogen-bond donors (Lipinski definition) is 1. The van der Waals surface area contributed by atoms with Crippen LogP contribution in [0.4, 0.5) is 11.4 Å². The summed E-state index contributed by atoms with van der Waals surface area (Å²) >= 11 is 1.59. The minimum absolute atomic E-state index is 0.0145. The Kier molecular flexibility index (Phi) is 7.12. The van der Waals surface area contributed by atoms with Crippen molar-refractivity contribution >= 4 is 35.0 Å². The van der Waals surface area contributed by atoms with E-state index in [-0.39, 0.29) is 17.2 Å². The van der Waals surface area contributed by atoms with Gasteiger partial charge in [0.05, 0.1) is 18.0 Å². The molecule has 0 saturated carbocycles. The average molecular weight is 447 g/mol. The number of anilines is 2. The number of thioether (sulfide) groups is 1. The van der Waals surface area contributed by atoms with E-state index in [1.165, 1.54) is 0 Å². The van der Waals surface area contributed by atoms with E-state index in [2.05, 4.69) is 5.32 Å². The molecule has 1 aliphatic rings. The third-order valence-electron chi connectivity index (χ3n) is 5.26. The fourth-order valence-corrected chi connectivity index (χ4v) is 4.89. The van der Waals surface area contributed by atoms with Gasteiger partial charge in [-0.3, -0.25) is 14.5 Å². The molecular weight excluding hydrogens is 420 g/mol. The molecule has 6 heteroatoms. The molecule has 1 saturated heterocycles. The van der Waals surface area contributed by atoms with E-state index in [0.717, 1.165) is 22.5 Å². The molecule has 164 valence electrons. The first kappa shape index (κ1) is 22.0. The zero-order valence-electron chi connectivity index (χ0n) is 18.0. The summed E-state index contributed by atoms with van der Waals surface area (Å²) in [4.78, 5) is 26.8. The number of carbonyl (C=O) groups is 2. The minimum atomic E-state index is -0.132. The molecule has 1 fully saturated rings. The molecule has 3 aromatic rings. The largest absolute Gasteiger partial charge is 0.492 e. The summed E-state index contributed by atoms with van der Waals surface area (Å²) in [6.45, 7) is 2.47. The number of nitrogens with zero attached hydrogens (tertiary/aromatic N) is 1. The van der Waals surface area contributed by atoms with Gasteiger partial charge in [0.1, 0.15) is 11.1 Å². The van der Waals surface area contributed by atoms with Crippen LogP contribution < -0.4 is 15.0 Å². The standard InChI is InChI=1S/C26H26N2O3S/c1-2-31-23-11-7-6-10-22(23)28-25(30)18-32-26(28)20-13-15-21(16-14-20)27-24(29)17-12-19-8-4-3-5-9-19/h3-11,13-16,26H,2,12,17-18H2,1H3,(H,27,29). The Morgan fingerprint density at radius 1 is 1.03 bits per heavy atom. The van der Waals surface area contributed by atoms with Crippen molar-refractivity contribution in [2.45, 2.75) is 25.1 Å². The van der Waals surface area contributed by atoms with Crippen LogP contribution in [0.2, 0.25) is 0 Å². The molecule has 1 atom stereocenters. The van der Waals surface area contributed by atoms with Gasteiger partial charge in [0.15, 0.2) is 0 Å². The number of hydrogen-bond acceptors (Lipinski definition) is 4. The number of nitrogens with one attached hydrogen (secondary N) is 1. The van der Waals surface area contributed by atoms with Gasteiger partial charge < -0.3 is 10.1 Å². The summed E-state index contributed by atoms with van der Waals surface area (Å²) in [5.74, 6) is 1.17. The number of rotatable bonds is 8. The van der Waals surface area contributed by atoms with Crippen LogP contribution in [-0.4, -0.2) is 24.2 Å². The van der Waals surface area contributed by atoms with E-state index in [9.17, 15) is 9.59 Å². The van der Waals surface area contributed by atoms with Crippen LogP contribution in [0.15, 0.2) is 78.9 Å². The van der Waals surface area contributed by atoms with Crippen LogP contribution in [-0.2, 0) is 16.0 Å². The third kappa shape index (κ3) is 5.14. The molecule has 3 aromatic carbocycles. The van der Waals surface area contributed by atoms with Crippen molar-refractivity contribution < 1.29 is 14.3 Å². The highest BCUT2D eigenvalue weighted by Crippen LogP contribution is 2.44. The molecule has 4 rings (SSSR count). The van der Waals surface area contributed by atoms with Gasteiger partial charge in [-0.15, -0.1) is 11.8 Å². The molecule has 0 bridgehead atoms. The maximum Gasteiger partial charge on any atom is 0.238 e. The molecule has 0 radical (unpaired) electrons. The number of amides is 2. The van der Waals surface area contributed by atoms with Crippen LogP contribution in [0.25, 0.3) is 0 Å². The molecule has 1 aliphatic heterocycles. The molecule has 1 unspecified atom stereocenters. The number of para-hydroxylation sites is 2. The maximum atomic E-state index is 12.7. The van der Waals surface area contributed by atoms with E-state index in [1.807, 2.05) is 90.7 Å². The topological polar surface area (TPSA) is 58.6 Å². The van der Waals surface area contributed by atoms with Crippen molar-refractivity contribution in [2.24, 2.45) is 0 Å². The van der Waals surface area contributed by atoms with Crippen molar-refractivity contribution in [1.29, 1.82) is 0 Å². The fraction of sp³-hybridized carbons (Fsp3) is 0.231. The Morgan fingerprint density at radius 3 is 2.50 bits per heavy atom. The second-order valence-electron chi connectivity index (χ2n) is 7.48. The lowest BCUT2D eigenvalue weighted by Gasteiger charge is -2.26. The second kappa shape index (κ2) is 10.4. The van der Waals surface area contributed by atoms with Crippen molar-refractivity contribution in [3.63, 3.8) is 0 Å². The van der Waals surface area contributed by atoms with Gasteiger partial charge in [0.2, 0.25) is 11.8 Å². The monoisotopic (exact) mass is 446 g/mol. The Labute approximate surface area is 192 Å². The van der Waals surface area contributed by atoms with Gasteiger partial charge in [-0.1, -0.05) is 54.6 Å². The summed E-state index contributed by atoms with van der Waals surface area (Å²) in [5.41, 5.74) is 3.69. The number of carbonyl (C=O) groups excluding carboxylic acids is 2. The molecule has 5 nitrogen and oxygen atoms in total. The molecule has 32 heavy (non-hydrogen) atoms. The lowest BCUT2D eigenvalue weighted by Crippen LogP contribution is -2.28. The van der Waals surface area contributed by atoms with E-state index >= 15 is 0 Å². The van der Waals surface area contributed by atoms with Crippen LogP contribution in [0, 0.1) is 0 Å². The Morgan fingerprint density at radius 2 is 1.75 bits per heavy atom. The van der Waals surface area contributed by atoms with Crippen molar-refractivity contribution in [2.75, 3.05) is 22.6 Å². The average Bonchev–Trinajstić information content (AvgIpc) is 3.20. The Hall–Kier alpha value is -3.25. The summed E-state index contributed by atoms with van der Waals surface area (Å²) in [6, 6.07) is 25.3. The Balaban J connectivity index is 1.44. The van der Waals surface area contributed by atoms with E-state index < -0.39 is 0 Å². The number of aryl methyl sites for hydroxylation is 1. The predicted molar refractivity (Wildman–Crippen MR) is 130 cm³/mol. The number of ether oxygens (including phenoxy) is 1. The normalized spacial score (nSPS) is 15.6. The van der Waals surface area contributed by atoms with Gasteiger partial charge in [-0.25, -0.2) is 0 Å². The highest BCUT2D eigenvalue weighted by Gasteiger charge is 2.35. The first-order valence-electron chi connectivity index (χ1n) is 10.7. The molecular formula is C26H26N2O3S. The molecule has 1 heterocycles. The quantitative estimate of drug-likeness (QED) is 0.501. The summed E-state index contributed by atoms with van der Waals surface area (Å²) in [6.07, 6.45) is 1.14. The lowest BCUT2D eigenvalue weighted by molar-refractivity contribution is -0.116. The van der Waals surface area contributed by atoms with E-state index in [1.54, 1.807) is 11.8 Å². The van der Waals surface area contributed by atoms with Gasteiger partial charge in [0.25, 0.3) is 0 Å². The van der Waals surface area contributed by atoms with Crippen LogP contribution in [0.5, 0.6) is 5.75 Å². The summed E-state index contributed by atoms with van der Waals surface area (Å²) < 4.78 is 5.75. The third-order valence-corrected chi connectivity index (χ3v) is 6.47. The molecule has 1 N–H and O–H groups in total. The number of benzene rings is 3.